The number of nitrogens with zero attached hydrogens (tertiary/aromatic N) is 2. The number of rotatable bonds is 3. The van der Waals surface area contributed by atoms with Gasteiger partial charge < -0.3 is 11.5 Å². The molecule has 4 nitrogen and oxygen atoms in total. The molecule has 1 heterocycles. The van der Waals surface area contributed by atoms with E-state index in [9.17, 15) is 0 Å². The maximum Gasteiger partial charge on any atom is 0.119 e. The van der Waals surface area contributed by atoms with Gasteiger partial charge in [0.25, 0.3) is 0 Å². The lowest BCUT2D eigenvalue weighted by atomic mass is 10.3. The van der Waals surface area contributed by atoms with Gasteiger partial charge in [-0.1, -0.05) is 18.2 Å². The smallest absolute Gasteiger partial charge is 0.119 e. The first-order valence-electron chi connectivity index (χ1n) is 5.07. The lowest BCUT2D eigenvalue weighted by molar-refractivity contribution is -0.388. The molecule has 4 heteroatoms. The Bertz CT molecular complexity index is 433. The number of hydrogen-bond donors (Lipinski definition) is 2. The molecule has 0 unspecified atom stereocenters. The largest absolute Gasteiger partial charge is 0.353 e. The third kappa shape index (κ3) is 1.91. The Morgan fingerprint density at radius 3 is 2.40 bits per heavy atom. The van der Waals surface area contributed by atoms with Crippen LogP contribution in [-0.4, -0.2) is 9.78 Å². The number of aromatic nitrogens is 2. The standard InChI is InChI=1S/C11H14N4/c12-7-9-6-11(8-13)15(14-9)10-4-2-1-3-5-10/h1-6H,7-8,12-13H2/p+2. The van der Waals surface area contributed by atoms with Crippen LogP contribution >= 0.6 is 0 Å². The van der Waals surface area contributed by atoms with Crippen LogP contribution in [0.25, 0.3) is 5.69 Å². The van der Waals surface area contributed by atoms with E-state index >= 15 is 0 Å². The molecule has 0 aliphatic carbocycles. The van der Waals surface area contributed by atoms with Gasteiger partial charge >= 0.3 is 0 Å². The molecule has 0 fully saturated rings. The van der Waals surface area contributed by atoms with E-state index < -0.39 is 0 Å². The Hall–Kier alpha value is -1.65. The third-order valence-corrected chi connectivity index (χ3v) is 2.35. The lowest BCUT2D eigenvalue weighted by Crippen LogP contribution is -2.48. The second-order valence-electron chi connectivity index (χ2n) is 3.37. The molecule has 0 aliphatic heterocycles. The average molecular weight is 204 g/mol. The zero-order valence-corrected chi connectivity index (χ0v) is 8.69. The summed E-state index contributed by atoms with van der Waals surface area (Å²) < 4.78 is 1.94. The second kappa shape index (κ2) is 4.25. The molecule has 0 spiro atoms. The van der Waals surface area contributed by atoms with Gasteiger partial charge in [0.2, 0.25) is 0 Å². The van der Waals surface area contributed by atoms with Gasteiger partial charge in [-0.15, -0.1) is 0 Å². The Morgan fingerprint density at radius 2 is 1.80 bits per heavy atom. The van der Waals surface area contributed by atoms with Crippen LogP contribution in [-0.2, 0) is 13.1 Å². The molecule has 2 aromatic rings. The highest BCUT2D eigenvalue weighted by molar-refractivity contribution is 5.33. The molecular weight excluding hydrogens is 188 g/mol. The van der Waals surface area contributed by atoms with Crippen LogP contribution in [0.3, 0.4) is 0 Å². The Labute approximate surface area is 88.5 Å². The van der Waals surface area contributed by atoms with Crippen LogP contribution in [0, 0.1) is 0 Å². The fraction of sp³-hybridized carbons (Fsp3) is 0.182. The first-order chi connectivity index (χ1) is 7.35. The van der Waals surface area contributed by atoms with Crippen LogP contribution in [0.15, 0.2) is 36.4 Å². The fourth-order valence-electron chi connectivity index (χ4n) is 1.57. The van der Waals surface area contributed by atoms with Crippen molar-refractivity contribution in [1.29, 1.82) is 0 Å². The topological polar surface area (TPSA) is 73.1 Å². The minimum atomic E-state index is 0.715. The molecule has 0 amide bonds. The molecule has 0 atom stereocenters. The van der Waals surface area contributed by atoms with Crippen molar-refractivity contribution in [2.45, 2.75) is 13.1 Å². The highest BCUT2D eigenvalue weighted by Gasteiger charge is 2.08. The van der Waals surface area contributed by atoms with Gasteiger partial charge in [-0.3, -0.25) is 0 Å². The van der Waals surface area contributed by atoms with Gasteiger partial charge in [-0.05, 0) is 18.2 Å². The molecule has 0 radical (unpaired) electrons. The van der Waals surface area contributed by atoms with Crippen molar-refractivity contribution in [3.8, 4) is 5.69 Å². The van der Waals surface area contributed by atoms with Gasteiger partial charge in [0.1, 0.15) is 18.8 Å². The van der Waals surface area contributed by atoms with Gasteiger partial charge in [0, 0.05) is 0 Å². The predicted octanol–water partition coefficient (Wildman–Crippen LogP) is -0.644. The summed E-state index contributed by atoms with van der Waals surface area (Å²) in [5, 5.41) is 4.48. The van der Waals surface area contributed by atoms with E-state index in [1.165, 1.54) is 0 Å². The van der Waals surface area contributed by atoms with E-state index in [0.29, 0.717) is 6.54 Å². The molecule has 15 heavy (non-hydrogen) atoms. The molecule has 1 aromatic carbocycles. The molecule has 0 aliphatic rings. The monoisotopic (exact) mass is 204 g/mol. The van der Waals surface area contributed by atoms with E-state index in [1.54, 1.807) is 0 Å². The minimum Gasteiger partial charge on any atom is -0.353 e. The molecule has 1 aromatic heterocycles. The SMILES string of the molecule is [NH3+]Cc1cc(C[NH3+])n(-c2ccccc2)n1. The van der Waals surface area contributed by atoms with Crippen molar-refractivity contribution in [3.63, 3.8) is 0 Å². The van der Waals surface area contributed by atoms with Crippen molar-refractivity contribution >= 4 is 0 Å². The van der Waals surface area contributed by atoms with Gasteiger partial charge in [-0.25, -0.2) is 4.68 Å². The van der Waals surface area contributed by atoms with Crippen molar-refractivity contribution in [2.75, 3.05) is 0 Å². The molecule has 0 saturated heterocycles. The zero-order valence-electron chi connectivity index (χ0n) is 8.69. The summed E-state index contributed by atoms with van der Waals surface area (Å²) in [6.45, 7) is 1.45. The van der Waals surface area contributed by atoms with E-state index in [1.807, 2.05) is 35.0 Å². The number of para-hydroxylation sites is 1. The Balaban J connectivity index is 2.47. The number of hydrogen-bond acceptors (Lipinski definition) is 1. The van der Waals surface area contributed by atoms with Gasteiger partial charge in [0.15, 0.2) is 0 Å². The highest BCUT2D eigenvalue weighted by Crippen LogP contribution is 2.11. The summed E-state index contributed by atoms with van der Waals surface area (Å²) in [6, 6.07) is 12.2. The molecule has 2 rings (SSSR count). The van der Waals surface area contributed by atoms with Crippen LogP contribution in [0.4, 0.5) is 0 Å². The average Bonchev–Trinajstić information content (AvgIpc) is 2.73. The van der Waals surface area contributed by atoms with Crippen molar-refractivity contribution in [2.24, 2.45) is 0 Å². The van der Waals surface area contributed by atoms with Gasteiger partial charge in [-0.2, -0.15) is 5.10 Å². The molecular formula is C11H16N4+2. The maximum absolute atomic E-state index is 4.48. The van der Waals surface area contributed by atoms with E-state index in [2.05, 4.69) is 22.6 Å². The molecule has 78 valence electrons. The first-order valence-corrected chi connectivity index (χ1v) is 5.07. The summed E-state index contributed by atoms with van der Waals surface area (Å²) in [5.74, 6) is 0. The van der Waals surface area contributed by atoms with Crippen LogP contribution in [0.5, 0.6) is 0 Å². The maximum atomic E-state index is 4.48. The van der Waals surface area contributed by atoms with Crippen LogP contribution < -0.4 is 11.5 Å². The summed E-state index contributed by atoms with van der Waals surface area (Å²) in [7, 11) is 0. The minimum absolute atomic E-state index is 0.715. The summed E-state index contributed by atoms with van der Waals surface area (Å²) in [4.78, 5) is 0. The van der Waals surface area contributed by atoms with E-state index in [4.69, 9.17) is 0 Å². The Morgan fingerprint density at radius 1 is 1.07 bits per heavy atom. The molecule has 0 bridgehead atoms. The molecule has 6 N–H and O–H groups in total. The Kier molecular flexibility index (Phi) is 2.80. The molecule has 0 saturated carbocycles. The van der Waals surface area contributed by atoms with E-state index in [-0.39, 0.29) is 0 Å². The normalized spacial score (nSPS) is 10.5. The van der Waals surface area contributed by atoms with Gasteiger partial charge in [0.05, 0.1) is 11.4 Å². The third-order valence-electron chi connectivity index (χ3n) is 2.35. The van der Waals surface area contributed by atoms with Crippen molar-refractivity contribution in [1.82, 2.24) is 9.78 Å². The highest BCUT2D eigenvalue weighted by atomic mass is 15.3. The van der Waals surface area contributed by atoms with E-state index in [0.717, 1.165) is 23.6 Å². The summed E-state index contributed by atoms with van der Waals surface area (Å²) in [5.41, 5.74) is 11.0. The number of quaternary nitrogens is 2. The quantitative estimate of drug-likeness (QED) is 0.685. The lowest BCUT2D eigenvalue weighted by Gasteiger charge is -2.03. The predicted molar refractivity (Wildman–Crippen MR) is 56.7 cm³/mol. The van der Waals surface area contributed by atoms with Crippen LogP contribution in [0.1, 0.15) is 11.4 Å². The van der Waals surface area contributed by atoms with Crippen molar-refractivity contribution < 1.29 is 11.5 Å². The zero-order chi connectivity index (χ0) is 10.7. The summed E-state index contributed by atoms with van der Waals surface area (Å²) in [6.07, 6.45) is 0. The second-order valence-corrected chi connectivity index (χ2v) is 3.37. The number of benzene rings is 1. The van der Waals surface area contributed by atoms with Crippen molar-refractivity contribution in [3.05, 3.63) is 47.8 Å². The van der Waals surface area contributed by atoms with Crippen LogP contribution in [0.2, 0.25) is 0 Å². The summed E-state index contributed by atoms with van der Waals surface area (Å²) >= 11 is 0. The first kappa shape index (κ1) is 9.89. The fourth-order valence-corrected chi connectivity index (χ4v) is 1.57.